The van der Waals surface area contributed by atoms with Crippen molar-refractivity contribution in [2.75, 3.05) is 39.3 Å². The minimum Gasteiger partial charge on any atom is -0.339 e. The van der Waals surface area contributed by atoms with Crippen LogP contribution in [0.25, 0.3) is 0 Å². The number of nitrogens with zero attached hydrogens (tertiary/aromatic N) is 4. The van der Waals surface area contributed by atoms with Gasteiger partial charge in [-0.15, -0.1) is 0 Å². The van der Waals surface area contributed by atoms with E-state index in [4.69, 9.17) is 4.99 Å². The van der Waals surface area contributed by atoms with E-state index in [0.29, 0.717) is 0 Å². The van der Waals surface area contributed by atoms with Gasteiger partial charge in [0.1, 0.15) is 0 Å². The first kappa shape index (κ1) is 19.9. The van der Waals surface area contributed by atoms with Gasteiger partial charge in [0.15, 0.2) is 11.0 Å². The van der Waals surface area contributed by atoms with E-state index in [0.717, 1.165) is 62.6 Å². The maximum Gasteiger partial charge on any atom is 0.209 e. The third kappa shape index (κ3) is 3.86. The topological polar surface area (TPSA) is 39.2 Å². The highest BCUT2D eigenvalue weighted by Crippen LogP contribution is 2.28. The van der Waals surface area contributed by atoms with Gasteiger partial charge in [-0.2, -0.15) is 0 Å². The van der Waals surface area contributed by atoms with Crippen LogP contribution in [0.2, 0.25) is 0 Å². The standard InChI is InChI=1S/C22H34N4OS/c1-4-22(2,3)18-8-10-20(11-9-18)28(27)26-13-12-23-21(26)25-16-14-24(15-17-25)19-6-5-7-19/h8-11,19H,4-7,12-17H2,1-3H3. The molecule has 1 atom stereocenters. The van der Waals surface area contributed by atoms with E-state index in [1.807, 2.05) is 16.4 Å². The van der Waals surface area contributed by atoms with Crippen molar-refractivity contribution < 1.29 is 4.21 Å². The molecule has 0 radical (unpaired) electrons. The molecule has 2 fully saturated rings. The van der Waals surface area contributed by atoms with Crippen molar-refractivity contribution in [3.05, 3.63) is 29.8 Å². The quantitative estimate of drug-likeness (QED) is 0.759. The number of guanidine groups is 1. The van der Waals surface area contributed by atoms with Gasteiger partial charge >= 0.3 is 0 Å². The number of aliphatic imine (C=N–C) groups is 1. The van der Waals surface area contributed by atoms with E-state index in [9.17, 15) is 4.21 Å². The molecule has 0 N–H and O–H groups in total. The molecule has 5 nitrogen and oxygen atoms in total. The average Bonchev–Trinajstić information content (AvgIpc) is 3.16. The fourth-order valence-corrected chi connectivity index (χ4v) is 5.42. The van der Waals surface area contributed by atoms with Crippen LogP contribution in [0.15, 0.2) is 34.2 Å². The van der Waals surface area contributed by atoms with Crippen LogP contribution in [0.1, 0.15) is 52.0 Å². The second kappa shape index (κ2) is 8.15. The molecule has 1 aliphatic carbocycles. The molecular formula is C22H34N4OS. The van der Waals surface area contributed by atoms with Crippen molar-refractivity contribution in [2.24, 2.45) is 4.99 Å². The van der Waals surface area contributed by atoms with Gasteiger partial charge in [0.05, 0.1) is 18.0 Å². The molecule has 1 saturated heterocycles. The zero-order valence-electron chi connectivity index (χ0n) is 17.6. The normalized spacial score (nSPS) is 22.9. The first-order chi connectivity index (χ1) is 13.5. The monoisotopic (exact) mass is 402 g/mol. The molecule has 3 aliphatic rings. The molecule has 0 amide bonds. The molecule has 1 unspecified atom stereocenters. The van der Waals surface area contributed by atoms with Crippen molar-refractivity contribution in [2.45, 2.75) is 62.8 Å². The van der Waals surface area contributed by atoms with E-state index in [1.165, 1.54) is 24.8 Å². The molecule has 154 valence electrons. The summed E-state index contributed by atoms with van der Waals surface area (Å²) in [5.41, 5.74) is 1.46. The zero-order chi connectivity index (χ0) is 19.7. The highest BCUT2D eigenvalue weighted by atomic mass is 32.2. The molecule has 2 aliphatic heterocycles. The van der Waals surface area contributed by atoms with Crippen molar-refractivity contribution in [1.29, 1.82) is 0 Å². The summed E-state index contributed by atoms with van der Waals surface area (Å²) in [5, 5.41) is 0. The molecule has 4 rings (SSSR count). The molecule has 1 aromatic rings. The summed E-state index contributed by atoms with van der Waals surface area (Å²) >= 11 is 0. The minimum absolute atomic E-state index is 0.153. The Labute approximate surface area is 172 Å². The van der Waals surface area contributed by atoms with Gasteiger partial charge in [0.2, 0.25) is 5.96 Å². The summed E-state index contributed by atoms with van der Waals surface area (Å²) in [5.74, 6) is 0.935. The van der Waals surface area contributed by atoms with Crippen LogP contribution in [0, 0.1) is 0 Å². The van der Waals surface area contributed by atoms with Crippen LogP contribution in [0.4, 0.5) is 0 Å². The summed E-state index contributed by atoms with van der Waals surface area (Å²) in [7, 11) is -1.19. The van der Waals surface area contributed by atoms with Crippen molar-refractivity contribution >= 4 is 16.9 Å². The summed E-state index contributed by atoms with van der Waals surface area (Å²) in [6.07, 6.45) is 5.20. The van der Waals surface area contributed by atoms with Crippen LogP contribution in [-0.2, 0) is 16.4 Å². The van der Waals surface area contributed by atoms with Gasteiger partial charge in [-0.05, 0) is 42.4 Å². The average molecular weight is 403 g/mol. The van der Waals surface area contributed by atoms with Crippen LogP contribution < -0.4 is 0 Å². The van der Waals surface area contributed by atoms with Crippen LogP contribution in [-0.4, -0.2) is 69.6 Å². The highest BCUT2D eigenvalue weighted by Gasteiger charge is 2.33. The van der Waals surface area contributed by atoms with Crippen molar-refractivity contribution in [3.63, 3.8) is 0 Å². The summed E-state index contributed by atoms with van der Waals surface area (Å²) in [4.78, 5) is 10.6. The van der Waals surface area contributed by atoms with E-state index >= 15 is 0 Å². The Bertz CT molecular complexity index is 733. The summed E-state index contributed by atoms with van der Waals surface area (Å²) < 4.78 is 15.3. The van der Waals surface area contributed by atoms with Crippen LogP contribution in [0.5, 0.6) is 0 Å². The van der Waals surface area contributed by atoms with Crippen molar-refractivity contribution in [1.82, 2.24) is 14.1 Å². The Morgan fingerprint density at radius 3 is 2.32 bits per heavy atom. The predicted octanol–water partition coefficient (Wildman–Crippen LogP) is 3.24. The molecule has 1 saturated carbocycles. The number of piperazine rings is 1. The van der Waals surface area contributed by atoms with E-state index < -0.39 is 11.0 Å². The van der Waals surface area contributed by atoms with E-state index in [1.54, 1.807) is 0 Å². The summed E-state index contributed by atoms with van der Waals surface area (Å²) in [6, 6.07) is 9.16. The Morgan fingerprint density at radius 1 is 1.07 bits per heavy atom. The lowest BCUT2D eigenvalue weighted by atomic mass is 9.82. The molecular weight excluding hydrogens is 368 g/mol. The molecule has 0 spiro atoms. The maximum absolute atomic E-state index is 13.3. The fourth-order valence-electron chi connectivity index (χ4n) is 4.23. The second-order valence-electron chi connectivity index (χ2n) is 8.90. The molecule has 6 heteroatoms. The van der Waals surface area contributed by atoms with Gasteiger partial charge in [0.25, 0.3) is 0 Å². The molecule has 2 heterocycles. The smallest absolute Gasteiger partial charge is 0.209 e. The van der Waals surface area contributed by atoms with E-state index in [-0.39, 0.29) is 5.41 Å². The highest BCUT2D eigenvalue weighted by molar-refractivity contribution is 7.83. The lowest BCUT2D eigenvalue weighted by Crippen LogP contribution is -2.55. The maximum atomic E-state index is 13.3. The Morgan fingerprint density at radius 2 is 1.75 bits per heavy atom. The van der Waals surface area contributed by atoms with Gasteiger partial charge in [0, 0.05) is 32.2 Å². The Balaban J connectivity index is 1.41. The van der Waals surface area contributed by atoms with Gasteiger partial charge in [-0.25, -0.2) is 4.21 Å². The third-order valence-electron chi connectivity index (χ3n) is 6.89. The van der Waals surface area contributed by atoms with Gasteiger partial charge < -0.3 is 4.90 Å². The molecule has 0 bridgehead atoms. The number of hydrogen-bond acceptors (Lipinski definition) is 4. The number of hydrogen-bond donors (Lipinski definition) is 0. The van der Waals surface area contributed by atoms with Crippen LogP contribution >= 0.6 is 0 Å². The first-order valence-electron chi connectivity index (χ1n) is 10.8. The van der Waals surface area contributed by atoms with E-state index in [2.05, 4.69) is 42.7 Å². The SMILES string of the molecule is CCC(C)(C)c1ccc(S(=O)N2CCN=C2N2CCN(C3CCC3)CC2)cc1. The Hall–Kier alpha value is -1.40. The minimum atomic E-state index is -1.19. The predicted molar refractivity (Wildman–Crippen MR) is 116 cm³/mol. The lowest BCUT2D eigenvalue weighted by Gasteiger charge is -2.44. The second-order valence-corrected chi connectivity index (χ2v) is 10.3. The van der Waals surface area contributed by atoms with Crippen molar-refractivity contribution in [3.8, 4) is 0 Å². The molecule has 28 heavy (non-hydrogen) atoms. The van der Waals surface area contributed by atoms with Crippen LogP contribution in [0.3, 0.4) is 0 Å². The zero-order valence-corrected chi connectivity index (χ0v) is 18.4. The fraction of sp³-hybridized carbons (Fsp3) is 0.682. The number of benzene rings is 1. The lowest BCUT2D eigenvalue weighted by molar-refractivity contribution is 0.0834. The van der Waals surface area contributed by atoms with Gasteiger partial charge in [-0.1, -0.05) is 39.3 Å². The Kier molecular flexibility index (Phi) is 5.79. The van der Waals surface area contributed by atoms with Gasteiger partial charge in [-0.3, -0.25) is 14.2 Å². The third-order valence-corrected chi connectivity index (χ3v) is 8.31. The summed E-state index contributed by atoms with van der Waals surface area (Å²) in [6.45, 7) is 12.4. The molecule has 0 aromatic heterocycles. The number of rotatable bonds is 5. The first-order valence-corrected chi connectivity index (χ1v) is 11.9. The molecule has 1 aromatic carbocycles. The largest absolute Gasteiger partial charge is 0.339 e.